The lowest BCUT2D eigenvalue weighted by Crippen LogP contribution is -2.61. The molecule has 5 N–H and O–H groups in total. The molecule has 4 rings (SSSR count). The second-order valence-corrected chi connectivity index (χ2v) is 6.81. The van der Waals surface area contributed by atoms with Crippen molar-refractivity contribution >= 4 is 16.7 Å². The molecule has 9 heteroatoms. The van der Waals surface area contributed by atoms with Crippen molar-refractivity contribution in [2.45, 2.75) is 30.6 Å². The van der Waals surface area contributed by atoms with Gasteiger partial charge in [-0.3, -0.25) is 4.98 Å². The quantitative estimate of drug-likeness (QED) is 0.384. The lowest BCUT2D eigenvalue weighted by atomic mass is 9.97. The van der Waals surface area contributed by atoms with E-state index in [1.54, 1.807) is 48.7 Å². The number of fused-ring (bicyclic) bond motifs is 1. The number of benzene rings is 1. The highest BCUT2D eigenvalue weighted by Crippen LogP contribution is 2.26. The van der Waals surface area contributed by atoms with Crippen molar-refractivity contribution in [3.63, 3.8) is 0 Å². The highest BCUT2D eigenvalue weighted by atomic mass is 16.6. The molecule has 1 saturated heterocycles. The van der Waals surface area contributed by atoms with Crippen LogP contribution in [0.25, 0.3) is 22.2 Å². The van der Waals surface area contributed by atoms with E-state index in [1.807, 2.05) is 0 Å². The van der Waals surface area contributed by atoms with E-state index in [4.69, 9.17) is 14.3 Å². The van der Waals surface area contributed by atoms with E-state index in [0.717, 1.165) is 0 Å². The Labute approximate surface area is 164 Å². The molecule has 5 atom stereocenters. The zero-order valence-corrected chi connectivity index (χ0v) is 15.2. The molecule has 0 radical (unpaired) electrons. The average Bonchev–Trinajstić information content (AvgIpc) is 2.73. The maximum absolute atomic E-state index is 12.4. The van der Waals surface area contributed by atoms with Gasteiger partial charge >= 0.3 is 5.63 Å². The summed E-state index contributed by atoms with van der Waals surface area (Å²) in [7, 11) is 0. The molecule has 0 spiro atoms. The van der Waals surface area contributed by atoms with Gasteiger partial charge in [0.1, 0.15) is 29.9 Å². The third kappa shape index (κ3) is 3.74. The van der Waals surface area contributed by atoms with E-state index in [2.05, 4.69) is 10.3 Å². The first-order valence-corrected chi connectivity index (χ1v) is 9.04. The molecule has 1 aliphatic heterocycles. The molecule has 1 aromatic carbocycles. The number of rotatable bonds is 4. The molecule has 3 aromatic rings. The lowest BCUT2D eigenvalue weighted by Gasteiger charge is -2.40. The molecule has 0 aliphatic carbocycles. The number of pyridine rings is 1. The molecule has 1 fully saturated rings. The predicted octanol–water partition coefficient (Wildman–Crippen LogP) is 0.0668. The number of anilines is 1. The van der Waals surface area contributed by atoms with Crippen LogP contribution in [-0.4, -0.2) is 62.7 Å². The van der Waals surface area contributed by atoms with Crippen LogP contribution >= 0.6 is 0 Å². The van der Waals surface area contributed by atoms with Crippen molar-refractivity contribution in [3.05, 3.63) is 59.1 Å². The smallest absolute Gasteiger partial charge is 0.345 e. The molecular formula is C20H20N2O7. The third-order valence-corrected chi connectivity index (χ3v) is 4.91. The van der Waals surface area contributed by atoms with Crippen LogP contribution in [0.2, 0.25) is 0 Å². The fourth-order valence-electron chi connectivity index (χ4n) is 3.35. The average molecular weight is 400 g/mol. The van der Waals surface area contributed by atoms with Crippen LogP contribution < -0.4 is 10.9 Å². The van der Waals surface area contributed by atoms with E-state index in [-0.39, 0.29) is 0 Å². The topological polar surface area (TPSA) is 145 Å². The summed E-state index contributed by atoms with van der Waals surface area (Å²) in [5, 5.41) is 43.0. The number of nitrogens with one attached hydrogen (secondary N) is 1. The van der Waals surface area contributed by atoms with E-state index in [9.17, 15) is 20.1 Å². The van der Waals surface area contributed by atoms with Crippen LogP contribution in [-0.2, 0) is 4.74 Å². The normalized spacial score (nSPS) is 27.1. The van der Waals surface area contributed by atoms with Crippen LogP contribution in [0, 0.1) is 0 Å². The van der Waals surface area contributed by atoms with Crippen LogP contribution in [0.1, 0.15) is 0 Å². The Hall–Kier alpha value is -2.82. The van der Waals surface area contributed by atoms with Gasteiger partial charge in [0, 0.05) is 23.3 Å². The molecule has 152 valence electrons. The molecule has 0 bridgehead atoms. The number of aromatic nitrogens is 1. The summed E-state index contributed by atoms with van der Waals surface area (Å²) in [5.41, 5.74) is 1.03. The minimum absolute atomic E-state index is 0.300. The number of hydrogen-bond acceptors (Lipinski definition) is 9. The second kappa shape index (κ2) is 7.90. The molecule has 0 saturated carbocycles. The Morgan fingerprint density at radius 2 is 1.90 bits per heavy atom. The highest BCUT2D eigenvalue weighted by Gasteiger charge is 2.43. The lowest BCUT2D eigenvalue weighted by molar-refractivity contribution is -0.245. The third-order valence-electron chi connectivity index (χ3n) is 4.91. The minimum atomic E-state index is -1.46. The maximum atomic E-state index is 12.4. The minimum Gasteiger partial charge on any atom is -0.422 e. The molecule has 1 aliphatic rings. The molecule has 3 heterocycles. The van der Waals surface area contributed by atoms with Gasteiger partial charge in [-0.25, -0.2) is 4.79 Å². The molecule has 29 heavy (non-hydrogen) atoms. The number of aliphatic hydroxyl groups is 4. The maximum Gasteiger partial charge on any atom is 0.345 e. The monoisotopic (exact) mass is 400 g/mol. The van der Waals surface area contributed by atoms with Crippen LogP contribution in [0.3, 0.4) is 0 Å². The van der Waals surface area contributed by atoms with E-state index >= 15 is 0 Å². The summed E-state index contributed by atoms with van der Waals surface area (Å²) >= 11 is 0. The molecule has 2 aromatic heterocycles. The van der Waals surface area contributed by atoms with Crippen LogP contribution in [0.4, 0.5) is 5.69 Å². The number of nitrogens with zero attached hydrogens (tertiary/aromatic N) is 1. The van der Waals surface area contributed by atoms with Gasteiger partial charge in [0.25, 0.3) is 0 Å². The van der Waals surface area contributed by atoms with Gasteiger partial charge in [0.15, 0.2) is 6.29 Å². The fraction of sp³-hybridized carbons (Fsp3) is 0.300. The van der Waals surface area contributed by atoms with Crippen molar-refractivity contribution < 1.29 is 29.6 Å². The molecule has 0 amide bonds. The summed E-state index contributed by atoms with van der Waals surface area (Å²) in [6, 6.07) is 10.8. The Morgan fingerprint density at radius 1 is 1.07 bits per heavy atom. The Morgan fingerprint density at radius 3 is 2.62 bits per heavy atom. The summed E-state index contributed by atoms with van der Waals surface area (Å²) in [6.45, 7) is -0.540. The molecule has 2 unspecified atom stereocenters. The van der Waals surface area contributed by atoms with Crippen molar-refractivity contribution in [1.29, 1.82) is 0 Å². The summed E-state index contributed by atoms with van der Waals surface area (Å²) in [5.74, 6) is 0. The molecular weight excluding hydrogens is 380 g/mol. The van der Waals surface area contributed by atoms with Gasteiger partial charge in [-0.05, 0) is 30.3 Å². The Kier molecular flexibility index (Phi) is 5.31. The van der Waals surface area contributed by atoms with E-state index in [0.29, 0.717) is 27.9 Å². The van der Waals surface area contributed by atoms with Gasteiger partial charge < -0.3 is 34.9 Å². The first kappa shape index (κ1) is 19.5. The van der Waals surface area contributed by atoms with Gasteiger partial charge in [-0.1, -0.05) is 6.07 Å². The SMILES string of the molecule is O=c1oc2cc(NC3[C@H](O)OC(CO)[C@@H](O)[C@@H]3O)ccc2cc1-c1ccccn1. The standard InChI is InChI=1S/C20H20N2O7/c23-9-15-17(24)18(25)16(20(27)29-15)22-11-5-4-10-7-12(13-3-1-2-6-21-13)19(26)28-14(10)8-11/h1-8,15-18,20,22-25,27H,9H2/t15?,16?,17-,18-,20-/m1/s1. The first-order valence-electron chi connectivity index (χ1n) is 9.04. The van der Waals surface area contributed by atoms with E-state index < -0.39 is 42.9 Å². The van der Waals surface area contributed by atoms with Gasteiger partial charge in [0.2, 0.25) is 0 Å². The van der Waals surface area contributed by atoms with Crippen LogP contribution in [0.15, 0.2) is 57.9 Å². The number of ether oxygens (including phenoxy) is 1. The van der Waals surface area contributed by atoms with Gasteiger partial charge in [-0.15, -0.1) is 0 Å². The number of hydrogen-bond donors (Lipinski definition) is 5. The summed E-state index contributed by atoms with van der Waals surface area (Å²) in [4.78, 5) is 16.5. The molecule has 9 nitrogen and oxygen atoms in total. The fourth-order valence-corrected chi connectivity index (χ4v) is 3.35. The van der Waals surface area contributed by atoms with Crippen molar-refractivity contribution in [2.24, 2.45) is 0 Å². The largest absolute Gasteiger partial charge is 0.422 e. The van der Waals surface area contributed by atoms with E-state index in [1.165, 1.54) is 0 Å². The Bertz CT molecular complexity index is 1060. The van der Waals surface area contributed by atoms with Gasteiger partial charge in [-0.2, -0.15) is 0 Å². The van der Waals surface area contributed by atoms with Crippen molar-refractivity contribution in [2.75, 3.05) is 11.9 Å². The van der Waals surface area contributed by atoms with Crippen molar-refractivity contribution in [3.8, 4) is 11.3 Å². The van der Waals surface area contributed by atoms with Gasteiger partial charge in [0.05, 0.1) is 17.9 Å². The second-order valence-electron chi connectivity index (χ2n) is 6.81. The van der Waals surface area contributed by atoms with Crippen molar-refractivity contribution in [1.82, 2.24) is 4.98 Å². The zero-order valence-electron chi connectivity index (χ0n) is 15.2. The van der Waals surface area contributed by atoms with Crippen LogP contribution in [0.5, 0.6) is 0 Å². The number of aliphatic hydroxyl groups excluding tert-OH is 4. The zero-order chi connectivity index (χ0) is 20.5. The Balaban J connectivity index is 1.62. The summed E-state index contributed by atoms with van der Waals surface area (Å²) < 4.78 is 10.5. The highest BCUT2D eigenvalue weighted by molar-refractivity contribution is 5.83. The first-order chi connectivity index (χ1) is 14.0. The predicted molar refractivity (Wildman–Crippen MR) is 103 cm³/mol. The summed E-state index contributed by atoms with van der Waals surface area (Å²) in [6.07, 6.45) is -3.72.